The molecule has 0 N–H and O–H groups in total. The topological polar surface area (TPSA) is 100 Å². The normalized spacial score (nSPS) is 14.0. The molecule has 35 heavy (non-hydrogen) atoms. The van der Waals surface area contributed by atoms with Crippen LogP contribution in [-0.2, 0) is 16.1 Å². The molecule has 10 heteroatoms. The molecule has 178 valence electrons. The Morgan fingerprint density at radius 2 is 1.91 bits per heavy atom. The van der Waals surface area contributed by atoms with Crippen molar-refractivity contribution in [2.24, 2.45) is 4.99 Å². The first kappa shape index (κ1) is 24.7. The molecule has 0 radical (unpaired) electrons. The van der Waals surface area contributed by atoms with Crippen LogP contribution in [0.2, 0.25) is 5.02 Å². The van der Waals surface area contributed by atoms with E-state index in [1.807, 2.05) is 31.2 Å². The highest BCUT2D eigenvalue weighted by Gasteiger charge is 2.27. The number of esters is 1. The number of non-ortho nitro benzene ring substituents is 1. The van der Waals surface area contributed by atoms with Crippen LogP contribution in [0.5, 0.6) is 11.5 Å². The van der Waals surface area contributed by atoms with Gasteiger partial charge in [0.25, 0.3) is 5.69 Å². The van der Waals surface area contributed by atoms with Gasteiger partial charge in [-0.15, -0.1) is 0 Å². The first-order valence-electron chi connectivity index (χ1n) is 10.5. The summed E-state index contributed by atoms with van der Waals surface area (Å²) in [6, 6.07) is 17.0. The van der Waals surface area contributed by atoms with E-state index >= 15 is 0 Å². The van der Waals surface area contributed by atoms with Gasteiger partial charge in [-0.05, 0) is 65.4 Å². The molecule has 0 saturated carbocycles. The van der Waals surface area contributed by atoms with Crippen molar-refractivity contribution in [2.75, 3.05) is 6.61 Å². The third kappa shape index (κ3) is 5.80. The average Bonchev–Trinajstić information content (AvgIpc) is 3.19. The Hall–Kier alpha value is -3.44. The lowest BCUT2D eigenvalue weighted by molar-refractivity contribution is -0.384. The Morgan fingerprint density at radius 3 is 2.66 bits per heavy atom. The lowest BCUT2D eigenvalue weighted by atomic mass is 10.1. The van der Waals surface area contributed by atoms with Crippen LogP contribution in [0.1, 0.15) is 23.6 Å². The van der Waals surface area contributed by atoms with Crippen molar-refractivity contribution in [3.8, 4) is 11.5 Å². The minimum atomic E-state index is -0.695. The fourth-order valence-corrected chi connectivity index (χ4v) is 3.99. The third-order valence-electron chi connectivity index (χ3n) is 4.92. The second-order valence-corrected chi connectivity index (χ2v) is 8.85. The van der Waals surface area contributed by atoms with Gasteiger partial charge in [-0.25, -0.2) is 9.79 Å². The molecule has 0 bridgehead atoms. The van der Waals surface area contributed by atoms with E-state index in [0.717, 1.165) is 9.13 Å². The van der Waals surface area contributed by atoms with Crippen LogP contribution in [0.4, 0.5) is 5.69 Å². The molecule has 3 aromatic rings. The Morgan fingerprint density at radius 1 is 1.11 bits per heavy atom. The van der Waals surface area contributed by atoms with E-state index in [2.05, 4.69) is 27.6 Å². The molecule has 0 unspecified atom stereocenters. The van der Waals surface area contributed by atoms with Crippen LogP contribution in [0.25, 0.3) is 6.08 Å². The van der Waals surface area contributed by atoms with E-state index in [-0.39, 0.29) is 27.9 Å². The van der Waals surface area contributed by atoms with Crippen molar-refractivity contribution in [1.29, 1.82) is 0 Å². The molecule has 0 saturated heterocycles. The molecule has 0 fully saturated rings. The number of ether oxygens (including phenoxy) is 3. The maximum absolute atomic E-state index is 12.4. The number of rotatable bonds is 8. The van der Waals surface area contributed by atoms with Gasteiger partial charge in [0.15, 0.2) is 17.2 Å². The predicted molar refractivity (Wildman–Crippen MR) is 140 cm³/mol. The molecule has 0 atom stereocenters. The average molecular weight is 605 g/mol. The quantitative estimate of drug-likeness (QED) is 0.100. The first-order valence-corrected chi connectivity index (χ1v) is 11.9. The van der Waals surface area contributed by atoms with Gasteiger partial charge in [0.1, 0.15) is 6.61 Å². The Balaban J connectivity index is 1.60. The lowest BCUT2D eigenvalue weighted by Crippen LogP contribution is -2.06. The minimum absolute atomic E-state index is 0.0255. The molecule has 1 aliphatic rings. The Bertz CT molecular complexity index is 1370. The molecular formula is C25H18ClIN2O6. The number of benzene rings is 3. The monoisotopic (exact) mass is 604 g/mol. The zero-order valence-electron chi connectivity index (χ0n) is 18.4. The van der Waals surface area contributed by atoms with Crippen LogP contribution in [0, 0.1) is 13.7 Å². The van der Waals surface area contributed by atoms with Crippen molar-refractivity contribution >= 4 is 57.8 Å². The van der Waals surface area contributed by atoms with Gasteiger partial charge < -0.3 is 14.2 Å². The second-order valence-electron chi connectivity index (χ2n) is 7.28. The largest absolute Gasteiger partial charge is 0.490 e. The number of aliphatic imine (C=N–C) groups is 1. The number of carbonyl (C=O) groups excluding carboxylic acids is 1. The molecule has 0 aromatic heterocycles. The van der Waals surface area contributed by atoms with Crippen molar-refractivity contribution in [2.45, 2.75) is 13.5 Å². The molecule has 0 spiro atoms. The minimum Gasteiger partial charge on any atom is -0.490 e. The molecule has 3 aromatic carbocycles. The zero-order chi connectivity index (χ0) is 24.9. The summed E-state index contributed by atoms with van der Waals surface area (Å²) in [5, 5.41) is 11.3. The van der Waals surface area contributed by atoms with E-state index in [1.54, 1.807) is 18.2 Å². The smallest absolute Gasteiger partial charge is 0.363 e. The summed E-state index contributed by atoms with van der Waals surface area (Å²) >= 11 is 8.41. The van der Waals surface area contributed by atoms with Crippen molar-refractivity contribution < 1.29 is 23.9 Å². The highest BCUT2D eigenvalue weighted by Crippen LogP contribution is 2.32. The van der Waals surface area contributed by atoms with Crippen LogP contribution < -0.4 is 9.47 Å². The summed E-state index contributed by atoms with van der Waals surface area (Å²) in [6.07, 6.45) is 1.53. The van der Waals surface area contributed by atoms with E-state index in [9.17, 15) is 14.9 Å². The summed E-state index contributed by atoms with van der Waals surface area (Å²) in [4.78, 5) is 27.2. The molecular weight excluding hydrogens is 587 g/mol. The summed E-state index contributed by atoms with van der Waals surface area (Å²) in [7, 11) is 0. The summed E-state index contributed by atoms with van der Waals surface area (Å²) < 4.78 is 18.0. The zero-order valence-corrected chi connectivity index (χ0v) is 21.3. The van der Waals surface area contributed by atoms with Gasteiger partial charge in [-0.1, -0.05) is 35.9 Å². The van der Waals surface area contributed by atoms with Crippen LogP contribution in [-0.4, -0.2) is 23.4 Å². The van der Waals surface area contributed by atoms with Crippen LogP contribution in [0.3, 0.4) is 0 Å². The van der Waals surface area contributed by atoms with E-state index in [0.29, 0.717) is 30.3 Å². The van der Waals surface area contributed by atoms with Gasteiger partial charge >= 0.3 is 5.97 Å². The van der Waals surface area contributed by atoms with E-state index < -0.39 is 10.9 Å². The number of hydrogen-bond donors (Lipinski definition) is 0. The molecule has 1 aliphatic heterocycles. The lowest BCUT2D eigenvalue weighted by Gasteiger charge is -2.13. The summed E-state index contributed by atoms with van der Waals surface area (Å²) in [5.41, 5.74) is 1.68. The standard InChI is InChI=1S/C25H18ClIN2O6/c1-2-33-23-12-15(7-10-22(23)34-14-16-5-3-4-6-20(16)27)11-21-25(30)35-24(28-21)18-13-17(29(31)32)8-9-19(18)26/h3-13H,2,14H2,1H3/b21-11-. The van der Waals surface area contributed by atoms with Gasteiger partial charge in [-0.2, -0.15) is 0 Å². The maximum atomic E-state index is 12.4. The van der Waals surface area contributed by atoms with Gasteiger partial charge in [0.05, 0.1) is 22.1 Å². The maximum Gasteiger partial charge on any atom is 0.363 e. The number of nitrogens with zero attached hydrogens (tertiary/aromatic N) is 2. The van der Waals surface area contributed by atoms with E-state index in [1.165, 1.54) is 24.3 Å². The number of nitro groups is 1. The fourth-order valence-electron chi connectivity index (χ4n) is 3.25. The predicted octanol–water partition coefficient (Wildman–Crippen LogP) is 6.18. The van der Waals surface area contributed by atoms with Gasteiger partial charge in [0.2, 0.25) is 5.90 Å². The van der Waals surface area contributed by atoms with Gasteiger partial charge in [-0.3, -0.25) is 10.1 Å². The van der Waals surface area contributed by atoms with E-state index in [4.69, 9.17) is 25.8 Å². The van der Waals surface area contributed by atoms with Gasteiger partial charge in [0, 0.05) is 21.3 Å². The fraction of sp³-hybridized carbons (Fsp3) is 0.120. The molecule has 1 heterocycles. The number of nitro benzene ring substituents is 1. The molecule has 4 rings (SSSR count). The number of carbonyl (C=O) groups is 1. The second kappa shape index (κ2) is 10.9. The highest BCUT2D eigenvalue weighted by atomic mass is 127. The van der Waals surface area contributed by atoms with Crippen molar-refractivity contribution in [1.82, 2.24) is 0 Å². The summed E-state index contributed by atoms with van der Waals surface area (Å²) in [6.45, 7) is 2.67. The Labute approximate surface area is 219 Å². The number of cyclic esters (lactones) is 1. The molecule has 8 nitrogen and oxygen atoms in total. The molecule has 0 aliphatic carbocycles. The number of hydrogen-bond acceptors (Lipinski definition) is 7. The molecule has 0 amide bonds. The highest BCUT2D eigenvalue weighted by molar-refractivity contribution is 14.1. The third-order valence-corrected chi connectivity index (χ3v) is 6.31. The first-order chi connectivity index (χ1) is 16.9. The van der Waals surface area contributed by atoms with Crippen LogP contribution >= 0.6 is 34.2 Å². The van der Waals surface area contributed by atoms with Crippen molar-refractivity contribution in [3.05, 3.63) is 102 Å². The number of halogens is 2. The SMILES string of the molecule is CCOc1cc(/C=C2\N=C(c3cc([N+](=O)[O-])ccc3Cl)OC2=O)ccc1OCc1ccccc1I. The Kier molecular flexibility index (Phi) is 7.67. The summed E-state index contributed by atoms with van der Waals surface area (Å²) in [5.74, 6) is 0.289. The van der Waals surface area contributed by atoms with Crippen LogP contribution in [0.15, 0.2) is 71.4 Å². The van der Waals surface area contributed by atoms with Crippen molar-refractivity contribution in [3.63, 3.8) is 0 Å².